The van der Waals surface area contributed by atoms with E-state index in [1.807, 2.05) is 39.8 Å². The van der Waals surface area contributed by atoms with E-state index in [4.69, 9.17) is 4.74 Å². The Bertz CT molecular complexity index is 1250. The van der Waals surface area contributed by atoms with Crippen molar-refractivity contribution in [3.8, 4) is 11.5 Å². The van der Waals surface area contributed by atoms with Crippen molar-refractivity contribution < 1.29 is 27.4 Å². The van der Waals surface area contributed by atoms with Gasteiger partial charge in [-0.2, -0.15) is 0 Å². The Balaban J connectivity index is 1.86. The number of hydrogen-bond acceptors (Lipinski definition) is 5. The quantitative estimate of drug-likeness (QED) is 0.445. The van der Waals surface area contributed by atoms with Crippen LogP contribution in [0, 0.1) is 5.92 Å². The number of methoxy groups -OCH3 is 1. The van der Waals surface area contributed by atoms with Gasteiger partial charge in [0.15, 0.2) is 0 Å². The van der Waals surface area contributed by atoms with Crippen LogP contribution in [-0.4, -0.2) is 29.3 Å². The van der Waals surface area contributed by atoms with E-state index in [1.54, 1.807) is 19.2 Å². The number of hydrogen-bond donors (Lipinski definition) is 2. The van der Waals surface area contributed by atoms with Gasteiger partial charge in [0.1, 0.15) is 23.0 Å². The minimum Gasteiger partial charge on any atom is -0.497 e. The summed E-state index contributed by atoms with van der Waals surface area (Å²) >= 11 is 0. The third-order valence-corrected chi connectivity index (χ3v) is 5.80. The lowest BCUT2D eigenvalue weighted by atomic mass is 9.83. The van der Waals surface area contributed by atoms with Crippen LogP contribution in [0.25, 0.3) is 0 Å². The van der Waals surface area contributed by atoms with Crippen LogP contribution in [0.1, 0.15) is 61.2 Å². The number of nitrogens with one attached hydrogen (secondary N) is 2. The molecule has 7 nitrogen and oxygen atoms in total. The molecular weight excluding hydrogens is 475 g/mol. The molecule has 0 spiro atoms. The van der Waals surface area contributed by atoms with E-state index in [0.29, 0.717) is 17.1 Å². The lowest BCUT2D eigenvalue weighted by Gasteiger charge is -2.26. The van der Waals surface area contributed by atoms with E-state index in [2.05, 4.69) is 20.0 Å². The summed E-state index contributed by atoms with van der Waals surface area (Å²) in [5, 5.41) is 2.84. The number of carbonyl (C=O) groups excluding carboxylic acids is 1. The summed E-state index contributed by atoms with van der Waals surface area (Å²) in [6, 6.07) is 13.1. The zero-order valence-corrected chi connectivity index (χ0v) is 20.6. The van der Waals surface area contributed by atoms with Gasteiger partial charge in [0, 0.05) is 11.5 Å². The number of benzene rings is 2. The van der Waals surface area contributed by atoms with Crippen LogP contribution in [0.3, 0.4) is 0 Å². The predicted octanol–water partition coefficient (Wildman–Crippen LogP) is 5.13. The first-order valence-electron chi connectivity index (χ1n) is 11.2. The highest BCUT2D eigenvalue weighted by atomic mass is 19.4. The van der Waals surface area contributed by atoms with Gasteiger partial charge in [0.25, 0.3) is 11.5 Å². The normalized spacial score (nSPS) is 12.8. The highest BCUT2D eigenvalue weighted by molar-refractivity contribution is 5.92. The molecule has 1 aromatic heterocycles. The molecule has 0 aliphatic carbocycles. The summed E-state index contributed by atoms with van der Waals surface area (Å²) in [5.41, 5.74) is 0.147. The number of nitrogens with zero attached hydrogens (tertiary/aromatic N) is 1. The zero-order chi connectivity index (χ0) is 26.7. The van der Waals surface area contributed by atoms with Gasteiger partial charge in [-0.3, -0.25) is 9.59 Å². The number of alkyl halides is 3. The van der Waals surface area contributed by atoms with Crippen molar-refractivity contribution in [2.45, 2.75) is 45.5 Å². The molecular formula is C26H28F3N3O4. The number of halogens is 3. The number of amides is 1. The van der Waals surface area contributed by atoms with Crippen LogP contribution >= 0.6 is 0 Å². The predicted molar refractivity (Wildman–Crippen MR) is 128 cm³/mol. The summed E-state index contributed by atoms with van der Waals surface area (Å²) in [5.74, 6) is -0.0635. The van der Waals surface area contributed by atoms with Crippen LogP contribution in [0.2, 0.25) is 0 Å². The molecule has 1 unspecified atom stereocenters. The molecule has 192 valence electrons. The van der Waals surface area contributed by atoms with Crippen molar-refractivity contribution >= 4 is 5.91 Å². The maximum absolute atomic E-state index is 13.1. The molecule has 2 aromatic carbocycles. The van der Waals surface area contributed by atoms with Gasteiger partial charge in [-0.05, 0) is 55.2 Å². The van der Waals surface area contributed by atoms with Crippen LogP contribution < -0.4 is 20.3 Å². The third-order valence-electron chi connectivity index (χ3n) is 5.80. The van der Waals surface area contributed by atoms with E-state index in [-0.39, 0.29) is 17.4 Å². The van der Waals surface area contributed by atoms with E-state index in [1.165, 1.54) is 24.3 Å². The molecule has 1 amide bonds. The SMILES string of the molecule is COc1ccc(C(C)(C)c2nc(C(=O)NC(c3ccc(OC(F)(F)F)cc3)C(C)C)cc(=O)[nH]2)cc1. The van der Waals surface area contributed by atoms with Gasteiger partial charge < -0.3 is 19.8 Å². The largest absolute Gasteiger partial charge is 0.573 e. The first kappa shape index (κ1) is 26.8. The molecule has 0 saturated heterocycles. The Morgan fingerprint density at radius 2 is 1.58 bits per heavy atom. The number of aromatic nitrogens is 2. The summed E-state index contributed by atoms with van der Waals surface area (Å²) in [6.07, 6.45) is -4.80. The molecule has 0 fully saturated rings. The van der Waals surface area contributed by atoms with Crippen LogP contribution in [0.15, 0.2) is 59.4 Å². The lowest BCUT2D eigenvalue weighted by molar-refractivity contribution is -0.274. The molecule has 0 aliphatic rings. The number of carbonyl (C=O) groups is 1. The van der Waals surface area contributed by atoms with Crippen molar-refractivity contribution in [1.29, 1.82) is 0 Å². The highest BCUT2D eigenvalue weighted by Crippen LogP contribution is 2.30. The minimum atomic E-state index is -4.80. The third kappa shape index (κ3) is 6.44. The van der Waals surface area contributed by atoms with Crippen LogP contribution in [0.4, 0.5) is 13.2 Å². The fourth-order valence-corrected chi connectivity index (χ4v) is 3.74. The molecule has 0 radical (unpaired) electrons. The van der Waals surface area contributed by atoms with Gasteiger partial charge in [0.05, 0.1) is 13.2 Å². The molecule has 3 rings (SSSR count). The molecule has 0 bridgehead atoms. The van der Waals surface area contributed by atoms with Crippen LogP contribution in [-0.2, 0) is 5.41 Å². The van der Waals surface area contributed by atoms with Gasteiger partial charge >= 0.3 is 6.36 Å². The summed E-state index contributed by atoms with van der Waals surface area (Å²) in [4.78, 5) is 32.7. The summed E-state index contributed by atoms with van der Waals surface area (Å²) in [7, 11) is 1.57. The Hall–Kier alpha value is -3.82. The monoisotopic (exact) mass is 503 g/mol. The smallest absolute Gasteiger partial charge is 0.497 e. The maximum Gasteiger partial charge on any atom is 0.573 e. The van der Waals surface area contributed by atoms with E-state index in [9.17, 15) is 22.8 Å². The number of rotatable bonds is 8. The summed E-state index contributed by atoms with van der Waals surface area (Å²) in [6.45, 7) is 7.45. The topological polar surface area (TPSA) is 93.3 Å². The van der Waals surface area contributed by atoms with Crippen molar-refractivity contribution in [3.63, 3.8) is 0 Å². The molecule has 0 aliphatic heterocycles. The van der Waals surface area contributed by atoms with Gasteiger partial charge in [-0.25, -0.2) is 4.98 Å². The standard InChI is InChI=1S/C26H28F3N3O4/c1-15(2)22(16-6-10-19(11-7-16)36-26(27,28)29)32-23(34)20-14-21(33)31-24(30-20)25(3,4)17-8-12-18(35-5)13-9-17/h6-15,22H,1-5H3,(H,32,34)(H,30,31,33). The fourth-order valence-electron chi connectivity index (χ4n) is 3.74. The second kappa shape index (κ2) is 10.4. The molecule has 3 aromatic rings. The van der Waals surface area contributed by atoms with E-state index >= 15 is 0 Å². The molecule has 1 atom stereocenters. The molecule has 36 heavy (non-hydrogen) atoms. The first-order chi connectivity index (χ1) is 16.8. The minimum absolute atomic E-state index is 0.0713. The molecule has 0 saturated carbocycles. The number of H-pyrrole nitrogens is 1. The van der Waals surface area contributed by atoms with Crippen LogP contribution in [0.5, 0.6) is 11.5 Å². The average Bonchev–Trinajstić information content (AvgIpc) is 2.81. The Morgan fingerprint density at radius 1 is 1.00 bits per heavy atom. The zero-order valence-electron chi connectivity index (χ0n) is 20.6. The second-order valence-corrected chi connectivity index (χ2v) is 9.14. The van der Waals surface area contributed by atoms with Gasteiger partial charge in [0.2, 0.25) is 0 Å². The fraction of sp³-hybridized carbons (Fsp3) is 0.346. The molecule has 1 heterocycles. The van der Waals surface area contributed by atoms with E-state index in [0.717, 1.165) is 11.6 Å². The van der Waals surface area contributed by atoms with Crippen molar-refractivity contribution in [3.05, 3.63) is 87.6 Å². The van der Waals surface area contributed by atoms with Crippen molar-refractivity contribution in [2.75, 3.05) is 7.11 Å². The van der Waals surface area contributed by atoms with E-state index < -0.39 is 29.3 Å². The number of ether oxygens (including phenoxy) is 2. The molecule has 10 heteroatoms. The average molecular weight is 504 g/mol. The maximum atomic E-state index is 13.1. The Kier molecular flexibility index (Phi) is 7.76. The lowest BCUT2D eigenvalue weighted by Crippen LogP contribution is -2.34. The Labute approximate surface area is 206 Å². The van der Waals surface area contributed by atoms with Crippen molar-refractivity contribution in [1.82, 2.24) is 15.3 Å². The summed E-state index contributed by atoms with van der Waals surface area (Å²) < 4.78 is 46.5. The molecule has 2 N–H and O–H groups in total. The second-order valence-electron chi connectivity index (χ2n) is 9.14. The van der Waals surface area contributed by atoms with Gasteiger partial charge in [-0.1, -0.05) is 38.1 Å². The van der Waals surface area contributed by atoms with Gasteiger partial charge in [-0.15, -0.1) is 13.2 Å². The van der Waals surface area contributed by atoms with Crippen molar-refractivity contribution in [2.24, 2.45) is 5.92 Å². The highest BCUT2D eigenvalue weighted by Gasteiger charge is 2.31. The number of aromatic amines is 1. The Morgan fingerprint density at radius 3 is 2.11 bits per heavy atom. The first-order valence-corrected chi connectivity index (χ1v) is 11.2.